The number of aliphatic hydroxyl groups excluding tert-OH is 1. The summed E-state index contributed by atoms with van der Waals surface area (Å²) >= 11 is 0. The highest BCUT2D eigenvalue weighted by Gasteiger charge is 2.43. The van der Waals surface area contributed by atoms with Crippen LogP contribution in [0.15, 0.2) is 48.7 Å². The molecule has 0 radical (unpaired) electrons. The number of nitrogens with zero attached hydrogens (tertiary/aromatic N) is 3. The van der Waals surface area contributed by atoms with Crippen LogP contribution in [0.5, 0.6) is 0 Å². The van der Waals surface area contributed by atoms with Crippen LogP contribution in [0.1, 0.15) is 42.9 Å². The number of benzene rings is 1. The quantitative estimate of drug-likeness (QED) is 0.902. The van der Waals surface area contributed by atoms with Gasteiger partial charge in [-0.15, -0.1) is 0 Å². The van der Waals surface area contributed by atoms with E-state index >= 15 is 0 Å². The minimum Gasteiger partial charge on any atom is -0.393 e. The Balaban J connectivity index is 1.45. The molecule has 2 atom stereocenters. The summed E-state index contributed by atoms with van der Waals surface area (Å²) in [7, 11) is 0. The van der Waals surface area contributed by atoms with E-state index in [9.17, 15) is 5.11 Å². The van der Waals surface area contributed by atoms with Crippen molar-refractivity contribution in [3.8, 4) is 6.07 Å². The number of aliphatic hydroxyl groups is 1. The van der Waals surface area contributed by atoms with E-state index in [-0.39, 0.29) is 17.8 Å². The second kappa shape index (κ2) is 7.06. The molecular formula is C21H23N3O2. The van der Waals surface area contributed by atoms with Crippen LogP contribution >= 0.6 is 0 Å². The van der Waals surface area contributed by atoms with Gasteiger partial charge in [0, 0.05) is 32.1 Å². The molecule has 2 aliphatic rings. The fourth-order valence-corrected chi connectivity index (χ4v) is 4.13. The van der Waals surface area contributed by atoms with E-state index < -0.39 is 0 Å². The summed E-state index contributed by atoms with van der Waals surface area (Å²) in [5, 5.41) is 19.4. The number of anilines is 1. The van der Waals surface area contributed by atoms with E-state index in [1.807, 2.05) is 24.3 Å². The highest BCUT2D eigenvalue weighted by atomic mass is 16.5. The molecule has 1 spiro atoms. The summed E-state index contributed by atoms with van der Waals surface area (Å²) in [6.07, 6.45) is 4.35. The standard InChI is InChI=1S/C21H23N3O2/c22-14-16-6-7-20(23-15-16)24-10-8-21(9-11-24)13-18(25)12-19(26-21)17-4-2-1-3-5-17/h1-7,15,18-19,25H,8-13H2/t18-,19-/m1/s1. The molecule has 0 unspecified atom stereocenters. The number of nitriles is 1. The molecule has 2 saturated heterocycles. The van der Waals surface area contributed by atoms with Gasteiger partial charge >= 0.3 is 0 Å². The van der Waals surface area contributed by atoms with E-state index in [0.29, 0.717) is 18.4 Å². The summed E-state index contributed by atoms with van der Waals surface area (Å²) in [5.41, 5.74) is 1.45. The van der Waals surface area contributed by atoms with Crippen molar-refractivity contribution < 1.29 is 9.84 Å². The molecule has 0 amide bonds. The average Bonchev–Trinajstić information content (AvgIpc) is 2.69. The average molecular weight is 349 g/mol. The van der Waals surface area contributed by atoms with Crippen molar-refractivity contribution in [3.63, 3.8) is 0 Å². The maximum atomic E-state index is 10.5. The second-order valence-electron chi connectivity index (χ2n) is 7.30. The van der Waals surface area contributed by atoms with Crippen LogP contribution in [0.3, 0.4) is 0 Å². The molecule has 2 aromatic rings. The Hall–Kier alpha value is -2.42. The Labute approximate surface area is 153 Å². The van der Waals surface area contributed by atoms with Crippen LogP contribution in [0.4, 0.5) is 5.82 Å². The van der Waals surface area contributed by atoms with Gasteiger partial charge in [0.2, 0.25) is 0 Å². The third-order valence-electron chi connectivity index (χ3n) is 5.53. The van der Waals surface area contributed by atoms with E-state index in [2.05, 4.69) is 28.1 Å². The summed E-state index contributed by atoms with van der Waals surface area (Å²) < 4.78 is 6.54. The Kier molecular flexibility index (Phi) is 4.62. The van der Waals surface area contributed by atoms with Gasteiger partial charge in [-0.3, -0.25) is 0 Å². The summed E-state index contributed by atoms with van der Waals surface area (Å²) in [4.78, 5) is 6.63. The van der Waals surface area contributed by atoms with Gasteiger partial charge < -0.3 is 14.7 Å². The van der Waals surface area contributed by atoms with Gasteiger partial charge in [0.25, 0.3) is 0 Å². The molecule has 0 aliphatic carbocycles. The summed E-state index contributed by atoms with van der Waals surface area (Å²) in [6, 6.07) is 16.0. The molecule has 5 nitrogen and oxygen atoms in total. The van der Waals surface area contributed by atoms with Crippen molar-refractivity contribution in [2.24, 2.45) is 0 Å². The molecule has 5 heteroatoms. The van der Waals surface area contributed by atoms with Gasteiger partial charge in [0.15, 0.2) is 0 Å². The molecule has 0 bridgehead atoms. The van der Waals surface area contributed by atoms with E-state index in [1.54, 1.807) is 12.3 Å². The molecular weight excluding hydrogens is 326 g/mol. The first kappa shape index (κ1) is 17.0. The predicted octanol–water partition coefficient (Wildman–Crippen LogP) is 3.20. The third-order valence-corrected chi connectivity index (χ3v) is 5.53. The molecule has 1 aromatic carbocycles. The lowest BCUT2D eigenvalue weighted by molar-refractivity contribution is -0.173. The number of rotatable bonds is 2. The number of hydrogen-bond donors (Lipinski definition) is 1. The topological polar surface area (TPSA) is 69.4 Å². The molecule has 0 saturated carbocycles. The van der Waals surface area contributed by atoms with Gasteiger partial charge in [-0.1, -0.05) is 30.3 Å². The first-order valence-electron chi connectivity index (χ1n) is 9.19. The van der Waals surface area contributed by atoms with Crippen LogP contribution in [-0.4, -0.2) is 34.9 Å². The molecule has 134 valence electrons. The zero-order valence-electron chi connectivity index (χ0n) is 14.7. The largest absolute Gasteiger partial charge is 0.393 e. The fourth-order valence-electron chi connectivity index (χ4n) is 4.13. The van der Waals surface area contributed by atoms with E-state index in [1.165, 1.54) is 0 Å². The normalized spacial score (nSPS) is 25.0. The number of aromatic nitrogens is 1. The van der Waals surface area contributed by atoms with Gasteiger partial charge in [-0.25, -0.2) is 4.98 Å². The van der Waals surface area contributed by atoms with Crippen molar-refractivity contribution >= 4 is 5.82 Å². The number of pyridine rings is 1. The number of piperidine rings is 1. The molecule has 3 heterocycles. The van der Waals surface area contributed by atoms with E-state index in [4.69, 9.17) is 10.00 Å². The van der Waals surface area contributed by atoms with Gasteiger partial charge in [-0.2, -0.15) is 5.26 Å². The minimum atomic E-state index is -0.325. The summed E-state index contributed by atoms with van der Waals surface area (Å²) in [5.74, 6) is 0.898. The molecule has 26 heavy (non-hydrogen) atoms. The Morgan fingerprint density at radius 2 is 1.92 bits per heavy atom. The number of ether oxygens (including phenoxy) is 1. The molecule has 1 N–H and O–H groups in total. The van der Waals surface area contributed by atoms with Gasteiger partial charge in [0.1, 0.15) is 11.9 Å². The lowest BCUT2D eigenvalue weighted by atomic mass is 9.81. The lowest BCUT2D eigenvalue weighted by Gasteiger charge is -2.48. The van der Waals surface area contributed by atoms with Crippen LogP contribution in [0.2, 0.25) is 0 Å². The van der Waals surface area contributed by atoms with Crippen molar-refractivity contribution in [2.75, 3.05) is 18.0 Å². The lowest BCUT2D eigenvalue weighted by Crippen LogP contribution is -2.51. The molecule has 2 fully saturated rings. The summed E-state index contributed by atoms with van der Waals surface area (Å²) in [6.45, 7) is 1.68. The van der Waals surface area contributed by atoms with Gasteiger partial charge in [0.05, 0.1) is 23.4 Å². The van der Waals surface area contributed by atoms with E-state index in [0.717, 1.165) is 37.3 Å². The minimum absolute atomic E-state index is 0.0421. The molecule has 2 aliphatic heterocycles. The first-order valence-corrected chi connectivity index (χ1v) is 9.19. The predicted molar refractivity (Wildman–Crippen MR) is 98.6 cm³/mol. The Morgan fingerprint density at radius 1 is 1.15 bits per heavy atom. The third kappa shape index (κ3) is 3.44. The first-order chi connectivity index (χ1) is 12.7. The maximum Gasteiger partial charge on any atom is 0.128 e. The number of hydrogen-bond acceptors (Lipinski definition) is 5. The van der Waals surface area contributed by atoms with Crippen molar-refractivity contribution in [1.82, 2.24) is 4.98 Å². The van der Waals surface area contributed by atoms with Crippen LogP contribution in [0.25, 0.3) is 0 Å². The van der Waals surface area contributed by atoms with Crippen molar-refractivity contribution in [3.05, 3.63) is 59.8 Å². The molecule has 4 rings (SSSR count). The smallest absolute Gasteiger partial charge is 0.128 e. The monoisotopic (exact) mass is 349 g/mol. The maximum absolute atomic E-state index is 10.5. The SMILES string of the molecule is N#Cc1ccc(N2CCC3(CC2)C[C@H](O)C[C@H](c2ccccc2)O3)nc1. The molecule has 1 aromatic heterocycles. The fraction of sp³-hybridized carbons (Fsp3) is 0.429. The Morgan fingerprint density at radius 3 is 2.58 bits per heavy atom. The van der Waals surface area contributed by atoms with Crippen LogP contribution < -0.4 is 4.90 Å². The highest BCUT2D eigenvalue weighted by Crippen LogP contribution is 2.43. The highest BCUT2D eigenvalue weighted by molar-refractivity contribution is 5.42. The van der Waals surface area contributed by atoms with Crippen LogP contribution in [0, 0.1) is 11.3 Å². The zero-order valence-corrected chi connectivity index (χ0v) is 14.7. The Bertz CT molecular complexity index is 777. The van der Waals surface area contributed by atoms with Gasteiger partial charge in [-0.05, 0) is 30.5 Å². The zero-order chi connectivity index (χ0) is 18.0. The van der Waals surface area contributed by atoms with Crippen molar-refractivity contribution in [2.45, 2.75) is 43.5 Å². The van der Waals surface area contributed by atoms with Crippen LogP contribution in [-0.2, 0) is 4.74 Å². The van der Waals surface area contributed by atoms with Crippen molar-refractivity contribution in [1.29, 1.82) is 5.26 Å². The second-order valence-corrected chi connectivity index (χ2v) is 7.30.